The fourth-order valence-corrected chi connectivity index (χ4v) is 2.78. The Kier molecular flexibility index (Phi) is 9.55. The fourth-order valence-electron chi connectivity index (χ4n) is 2.78. The van der Waals surface area contributed by atoms with Gasteiger partial charge in [-0.05, 0) is 48.9 Å². The first kappa shape index (κ1) is 23.9. The summed E-state index contributed by atoms with van der Waals surface area (Å²) in [6, 6.07) is 14.3. The third kappa shape index (κ3) is 8.90. The van der Waals surface area contributed by atoms with Gasteiger partial charge in [0.1, 0.15) is 0 Å². The van der Waals surface area contributed by atoms with Crippen molar-refractivity contribution in [1.82, 2.24) is 0 Å². The van der Waals surface area contributed by atoms with Crippen LogP contribution in [0.2, 0.25) is 0 Å². The Labute approximate surface area is 184 Å². The molecule has 0 aliphatic rings. The lowest BCUT2D eigenvalue weighted by Crippen LogP contribution is -2.22. The molecule has 7 nitrogen and oxygen atoms in total. The van der Waals surface area contributed by atoms with Gasteiger partial charge in [-0.15, -0.1) is 0 Å². The zero-order valence-corrected chi connectivity index (χ0v) is 18.5. The van der Waals surface area contributed by atoms with Gasteiger partial charge in [0.15, 0.2) is 0 Å². The Morgan fingerprint density at radius 3 is 2.03 bits per heavy atom. The Morgan fingerprint density at radius 2 is 1.39 bits per heavy atom. The predicted molar refractivity (Wildman–Crippen MR) is 126 cm³/mol. The standard InChI is InChI=1S/C24H32N4O3/c1-4-5-6-10-22(29)27-21-9-7-8-20(15-21)25-16-23(30)26-18-11-13-19(14-12-18)28-24(31)17(2)3/h7-9,11-15,17,25H,4-6,10,16H2,1-3H3,(H,26,30)(H,27,29)(H,28,31). The van der Waals surface area contributed by atoms with Crippen LogP contribution in [0.5, 0.6) is 0 Å². The molecule has 0 fully saturated rings. The number of rotatable bonds is 11. The lowest BCUT2D eigenvalue weighted by atomic mass is 10.2. The van der Waals surface area contributed by atoms with Crippen molar-refractivity contribution in [3.8, 4) is 0 Å². The van der Waals surface area contributed by atoms with Gasteiger partial charge in [-0.1, -0.05) is 39.7 Å². The summed E-state index contributed by atoms with van der Waals surface area (Å²) >= 11 is 0. The summed E-state index contributed by atoms with van der Waals surface area (Å²) in [6.45, 7) is 5.84. The van der Waals surface area contributed by atoms with Gasteiger partial charge in [-0.25, -0.2) is 0 Å². The number of hydrogen-bond acceptors (Lipinski definition) is 4. The summed E-state index contributed by atoms with van der Waals surface area (Å²) in [6.07, 6.45) is 3.51. The second-order valence-electron chi connectivity index (χ2n) is 7.71. The smallest absolute Gasteiger partial charge is 0.243 e. The van der Waals surface area contributed by atoms with Gasteiger partial charge in [0.05, 0.1) is 6.54 Å². The second kappa shape index (κ2) is 12.4. The molecule has 0 aliphatic carbocycles. The van der Waals surface area contributed by atoms with Crippen LogP contribution in [0.15, 0.2) is 48.5 Å². The van der Waals surface area contributed by atoms with E-state index >= 15 is 0 Å². The van der Waals surface area contributed by atoms with Gasteiger partial charge in [0.25, 0.3) is 0 Å². The Bertz CT molecular complexity index is 879. The van der Waals surface area contributed by atoms with Crippen molar-refractivity contribution in [3.05, 3.63) is 48.5 Å². The minimum atomic E-state index is -0.201. The molecule has 2 aromatic carbocycles. The van der Waals surface area contributed by atoms with E-state index in [9.17, 15) is 14.4 Å². The normalized spacial score (nSPS) is 10.5. The average molecular weight is 425 g/mol. The molecule has 0 aliphatic heterocycles. The summed E-state index contributed by atoms with van der Waals surface area (Å²) in [5.41, 5.74) is 2.77. The minimum Gasteiger partial charge on any atom is -0.376 e. The molecule has 3 amide bonds. The lowest BCUT2D eigenvalue weighted by Gasteiger charge is -2.11. The first-order chi connectivity index (χ1) is 14.9. The van der Waals surface area contributed by atoms with Crippen molar-refractivity contribution in [2.24, 2.45) is 5.92 Å². The third-order valence-corrected chi connectivity index (χ3v) is 4.57. The molecule has 2 aromatic rings. The van der Waals surface area contributed by atoms with Crippen LogP contribution in [0, 0.1) is 5.92 Å². The van der Waals surface area contributed by atoms with E-state index in [1.807, 2.05) is 32.0 Å². The van der Waals surface area contributed by atoms with Crippen molar-refractivity contribution in [1.29, 1.82) is 0 Å². The number of anilines is 4. The van der Waals surface area contributed by atoms with Crippen molar-refractivity contribution in [2.75, 3.05) is 27.8 Å². The highest BCUT2D eigenvalue weighted by Gasteiger charge is 2.08. The highest BCUT2D eigenvalue weighted by molar-refractivity contribution is 5.95. The summed E-state index contributed by atoms with van der Waals surface area (Å²) in [4.78, 5) is 35.9. The monoisotopic (exact) mass is 424 g/mol. The molecule has 0 unspecified atom stereocenters. The molecule has 0 atom stereocenters. The molecule has 31 heavy (non-hydrogen) atoms. The average Bonchev–Trinajstić information content (AvgIpc) is 2.74. The van der Waals surface area contributed by atoms with Crippen molar-refractivity contribution in [3.63, 3.8) is 0 Å². The number of hydrogen-bond donors (Lipinski definition) is 4. The van der Waals surface area contributed by atoms with E-state index in [4.69, 9.17) is 0 Å². The van der Waals surface area contributed by atoms with E-state index in [0.717, 1.165) is 24.9 Å². The molecule has 7 heteroatoms. The number of carbonyl (C=O) groups excluding carboxylic acids is 3. The maximum atomic E-state index is 12.2. The Morgan fingerprint density at radius 1 is 0.774 bits per heavy atom. The zero-order chi connectivity index (χ0) is 22.6. The molecule has 0 bridgehead atoms. The van der Waals surface area contributed by atoms with Gasteiger partial charge in [-0.3, -0.25) is 14.4 Å². The molecule has 0 heterocycles. The van der Waals surface area contributed by atoms with Crippen molar-refractivity contribution in [2.45, 2.75) is 46.5 Å². The van der Waals surface area contributed by atoms with Crippen LogP contribution in [-0.2, 0) is 14.4 Å². The SMILES string of the molecule is CCCCCC(=O)Nc1cccc(NCC(=O)Nc2ccc(NC(=O)C(C)C)cc2)c1. The molecule has 2 rings (SSSR count). The van der Waals surface area contributed by atoms with Crippen molar-refractivity contribution < 1.29 is 14.4 Å². The molecule has 0 saturated heterocycles. The maximum absolute atomic E-state index is 12.2. The molecule has 166 valence electrons. The number of amides is 3. The molecular weight excluding hydrogens is 392 g/mol. The van der Waals surface area contributed by atoms with Crippen LogP contribution < -0.4 is 21.3 Å². The van der Waals surface area contributed by atoms with E-state index in [1.54, 1.807) is 30.3 Å². The topological polar surface area (TPSA) is 99.3 Å². The van der Waals surface area contributed by atoms with Gasteiger partial charge >= 0.3 is 0 Å². The third-order valence-electron chi connectivity index (χ3n) is 4.57. The summed E-state index contributed by atoms with van der Waals surface area (Å²) in [5, 5.41) is 11.6. The molecule has 4 N–H and O–H groups in total. The summed E-state index contributed by atoms with van der Waals surface area (Å²) in [7, 11) is 0. The van der Waals surface area contributed by atoms with E-state index < -0.39 is 0 Å². The van der Waals surface area contributed by atoms with Crippen LogP contribution in [0.25, 0.3) is 0 Å². The highest BCUT2D eigenvalue weighted by Crippen LogP contribution is 2.17. The van der Waals surface area contributed by atoms with Gasteiger partial charge in [0.2, 0.25) is 17.7 Å². The molecule has 0 saturated carbocycles. The number of unbranched alkanes of at least 4 members (excludes halogenated alkanes) is 2. The Balaban J connectivity index is 1.80. The fraction of sp³-hybridized carbons (Fsp3) is 0.375. The zero-order valence-electron chi connectivity index (χ0n) is 18.5. The van der Waals surface area contributed by atoms with Crippen LogP contribution in [0.3, 0.4) is 0 Å². The first-order valence-electron chi connectivity index (χ1n) is 10.7. The molecular formula is C24H32N4O3. The summed E-state index contributed by atoms with van der Waals surface area (Å²) < 4.78 is 0. The number of nitrogens with one attached hydrogen (secondary N) is 4. The Hall–Kier alpha value is -3.35. The van der Waals surface area contributed by atoms with Gasteiger partial charge in [0, 0.05) is 35.1 Å². The predicted octanol–water partition coefficient (Wildman–Crippen LogP) is 4.85. The molecule has 0 aromatic heterocycles. The number of carbonyl (C=O) groups is 3. The lowest BCUT2D eigenvalue weighted by molar-refractivity contribution is -0.119. The van der Waals surface area contributed by atoms with Gasteiger partial charge in [-0.2, -0.15) is 0 Å². The highest BCUT2D eigenvalue weighted by atomic mass is 16.2. The van der Waals surface area contributed by atoms with Gasteiger partial charge < -0.3 is 21.3 Å². The van der Waals surface area contributed by atoms with Crippen LogP contribution >= 0.6 is 0 Å². The minimum absolute atomic E-state index is 0.00336. The van der Waals surface area contributed by atoms with E-state index in [0.29, 0.717) is 23.5 Å². The largest absolute Gasteiger partial charge is 0.376 e. The molecule has 0 spiro atoms. The maximum Gasteiger partial charge on any atom is 0.243 e. The molecule has 0 radical (unpaired) electrons. The first-order valence-corrected chi connectivity index (χ1v) is 10.7. The van der Waals surface area contributed by atoms with Crippen LogP contribution in [0.4, 0.5) is 22.7 Å². The summed E-state index contributed by atoms with van der Waals surface area (Å²) in [5.74, 6) is -0.358. The van der Waals surface area contributed by atoms with Crippen LogP contribution in [0.1, 0.15) is 46.5 Å². The van der Waals surface area contributed by atoms with E-state index in [-0.39, 0.29) is 30.2 Å². The number of benzene rings is 2. The quantitative estimate of drug-likeness (QED) is 0.388. The van der Waals surface area contributed by atoms with E-state index in [2.05, 4.69) is 28.2 Å². The second-order valence-corrected chi connectivity index (χ2v) is 7.71. The van der Waals surface area contributed by atoms with Crippen LogP contribution in [-0.4, -0.2) is 24.3 Å². The van der Waals surface area contributed by atoms with E-state index in [1.165, 1.54) is 0 Å². The van der Waals surface area contributed by atoms with Crippen molar-refractivity contribution >= 4 is 40.5 Å².